The van der Waals surface area contributed by atoms with E-state index in [-0.39, 0.29) is 17.7 Å². The van der Waals surface area contributed by atoms with E-state index < -0.39 is 6.36 Å². The Labute approximate surface area is 102 Å². The van der Waals surface area contributed by atoms with E-state index in [9.17, 15) is 13.2 Å². The molecule has 1 fully saturated rings. The first-order valence-corrected chi connectivity index (χ1v) is 5.54. The van der Waals surface area contributed by atoms with Crippen LogP contribution in [-0.2, 0) is 0 Å². The molecule has 18 heavy (non-hydrogen) atoms. The molecular formula is C11H14F3N3O. The molecule has 1 aromatic rings. The lowest BCUT2D eigenvalue weighted by atomic mass is 9.94. The fourth-order valence-electron chi connectivity index (χ4n) is 2.04. The zero-order valence-electron chi connectivity index (χ0n) is 9.50. The maximum atomic E-state index is 12.3. The van der Waals surface area contributed by atoms with Crippen molar-refractivity contribution >= 4 is 0 Å². The molecule has 2 rings (SSSR count). The average Bonchev–Trinajstić information content (AvgIpc) is 2.75. The maximum Gasteiger partial charge on any atom is 0.573 e. The van der Waals surface area contributed by atoms with Crippen LogP contribution in [0.25, 0.3) is 0 Å². The van der Waals surface area contributed by atoms with Crippen molar-refractivity contribution in [2.24, 2.45) is 11.7 Å². The molecule has 4 nitrogen and oxygen atoms in total. The quantitative estimate of drug-likeness (QED) is 0.768. The molecule has 0 aliphatic carbocycles. The molecule has 4 N–H and O–H groups in total. The number of hydrogen-bond donors (Lipinski definition) is 3. The summed E-state index contributed by atoms with van der Waals surface area (Å²) in [5.41, 5.74) is 11.9. The SMILES string of the molecule is NCC1CNNC1c1ccccc1OC(F)(F)F. The minimum atomic E-state index is -4.69. The van der Waals surface area contributed by atoms with Gasteiger partial charge in [0.1, 0.15) is 5.75 Å². The van der Waals surface area contributed by atoms with Crippen LogP contribution in [0, 0.1) is 5.92 Å². The summed E-state index contributed by atoms with van der Waals surface area (Å²) in [5, 5.41) is 0. The Morgan fingerprint density at radius 3 is 2.72 bits per heavy atom. The number of alkyl halides is 3. The normalized spacial score (nSPS) is 24.2. The Bertz CT molecular complexity index is 411. The fraction of sp³-hybridized carbons (Fsp3) is 0.455. The Hall–Kier alpha value is -1.31. The molecule has 0 radical (unpaired) electrons. The van der Waals surface area contributed by atoms with Crippen molar-refractivity contribution < 1.29 is 17.9 Å². The fourth-order valence-corrected chi connectivity index (χ4v) is 2.04. The minimum Gasteiger partial charge on any atom is -0.405 e. The molecule has 1 aliphatic rings. The highest BCUT2D eigenvalue weighted by molar-refractivity contribution is 5.37. The standard InChI is InChI=1S/C11H14F3N3O/c12-11(13,14)18-9-4-2-1-3-8(9)10-7(5-15)6-16-17-10/h1-4,7,10,16-17H,5-6,15H2. The Morgan fingerprint density at radius 1 is 1.33 bits per heavy atom. The third kappa shape index (κ3) is 2.92. The number of benzene rings is 1. The molecule has 2 atom stereocenters. The molecule has 1 aliphatic heterocycles. The summed E-state index contributed by atoms with van der Waals surface area (Å²) in [4.78, 5) is 0. The van der Waals surface area contributed by atoms with Gasteiger partial charge in [0.25, 0.3) is 0 Å². The van der Waals surface area contributed by atoms with Gasteiger partial charge in [-0.15, -0.1) is 13.2 Å². The number of nitrogens with two attached hydrogens (primary N) is 1. The van der Waals surface area contributed by atoms with Gasteiger partial charge in [-0.05, 0) is 12.6 Å². The third-order valence-electron chi connectivity index (χ3n) is 2.88. The van der Waals surface area contributed by atoms with Gasteiger partial charge >= 0.3 is 6.36 Å². The lowest BCUT2D eigenvalue weighted by molar-refractivity contribution is -0.275. The van der Waals surface area contributed by atoms with E-state index in [2.05, 4.69) is 15.6 Å². The first kappa shape index (κ1) is 13.1. The predicted octanol–water partition coefficient (Wildman–Crippen LogP) is 1.31. The largest absolute Gasteiger partial charge is 0.573 e. The molecule has 2 unspecified atom stereocenters. The van der Waals surface area contributed by atoms with E-state index >= 15 is 0 Å². The van der Waals surface area contributed by atoms with E-state index in [1.165, 1.54) is 12.1 Å². The van der Waals surface area contributed by atoms with Crippen molar-refractivity contribution in [1.29, 1.82) is 0 Å². The minimum absolute atomic E-state index is 0.0305. The Morgan fingerprint density at radius 2 is 2.06 bits per heavy atom. The van der Waals surface area contributed by atoms with E-state index in [1.807, 2.05) is 0 Å². The van der Waals surface area contributed by atoms with Crippen molar-refractivity contribution in [2.45, 2.75) is 12.4 Å². The zero-order valence-corrected chi connectivity index (χ0v) is 9.50. The van der Waals surface area contributed by atoms with Crippen LogP contribution in [0.4, 0.5) is 13.2 Å². The molecular weight excluding hydrogens is 247 g/mol. The highest BCUT2D eigenvalue weighted by Crippen LogP contribution is 2.34. The zero-order chi connectivity index (χ0) is 13.2. The van der Waals surface area contributed by atoms with Crippen molar-refractivity contribution in [1.82, 2.24) is 10.9 Å². The van der Waals surface area contributed by atoms with Crippen LogP contribution in [0.15, 0.2) is 24.3 Å². The highest BCUT2D eigenvalue weighted by Gasteiger charge is 2.35. The maximum absolute atomic E-state index is 12.3. The van der Waals surface area contributed by atoms with Crippen LogP contribution in [0.5, 0.6) is 5.75 Å². The summed E-state index contributed by atoms with van der Waals surface area (Å²) in [6, 6.07) is 5.80. The van der Waals surface area contributed by atoms with Crippen molar-refractivity contribution in [3.05, 3.63) is 29.8 Å². The van der Waals surface area contributed by atoms with Gasteiger partial charge in [-0.25, -0.2) is 5.43 Å². The van der Waals surface area contributed by atoms with Crippen LogP contribution in [0.2, 0.25) is 0 Å². The van der Waals surface area contributed by atoms with Crippen molar-refractivity contribution in [3.8, 4) is 5.75 Å². The number of ether oxygens (including phenoxy) is 1. The second-order valence-electron chi connectivity index (χ2n) is 4.08. The van der Waals surface area contributed by atoms with Gasteiger partial charge in [-0.1, -0.05) is 18.2 Å². The van der Waals surface area contributed by atoms with Crippen LogP contribution >= 0.6 is 0 Å². The number of para-hydroxylation sites is 1. The van der Waals surface area contributed by atoms with Gasteiger partial charge in [-0.3, -0.25) is 5.43 Å². The molecule has 0 aromatic heterocycles. The van der Waals surface area contributed by atoms with E-state index in [0.29, 0.717) is 18.7 Å². The van der Waals surface area contributed by atoms with Gasteiger partial charge in [-0.2, -0.15) is 0 Å². The Kier molecular flexibility index (Phi) is 3.74. The topological polar surface area (TPSA) is 59.3 Å². The van der Waals surface area contributed by atoms with Crippen LogP contribution in [0.3, 0.4) is 0 Å². The highest BCUT2D eigenvalue weighted by atomic mass is 19.4. The molecule has 100 valence electrons. The van der Waals surface area contributed by atoms with Crippen LogP contribution in [0.1, 0.15) is 11.6 Å². The number of hydrazine groups is 1. The lowest BCUT2D eigenvalue weighted by Gasteiger charge is -2.21. The monoisotopic (exact) mass is 261 g/mol. The molecule has 0 saturated carbocycles. The van der Waals surface area contributed by atoms with Gasteiger partial charge in [0, 0.05) is 18.0 Å². The molecule has 1 saturated heterocycles. The van der Waals surface area contributed by atoms with E-state index in [1.54, 1.807) is 12.1 Å². The van der Waals surface area contributed by atoms with Crippen molar-refractivity contribution in [2.75, 3.05) is 13.1 Å². The first-order valence-electron chi connectivity index (χ1n) is 5.54. The predicted molar refractivity (Wildman–Crippen MR) is 59.5 cm³/mol. The van der Waals surface area contributed by atoms with Gasteiger partial charge in [0.15, 0.2) is 0 Å². The van der Waals surface area contributed by atoms with Crippen LogP contribution < -0.4 is 21.3 Å². The van der Waals surface area contributed by atoms with E-state index in [0.717, 1.165) is 0 Å². The van der Waals surface area contributed by atoms with E-state index in [4.69, 9.17) is 5.73 Å². The molecule has 0 amide bonds. The first-order chi connectivity index (χ1) is 8.51. The summed E-state index contributed by atoms with van der Waals surface area (Å²) in [6.07, 6.45) is -4.69. The van der Waals surface area contributed by atoms with Gasteiger partial charge < -0.3 is 10.5 Å². The lowest BCUT2D eigenvalue weighted by Crippen LogP contribution is -2.27. The van der Waals surface area contributed by atoms with Crippen LogP contribution in [-0.4, -0.2) is 19.5 Å². The second-order valence-corrected chi connectivity index (χ2v) is 4.08. The molecule has 0 spiro atoms. The molecule has 1 heterocycles. The summed E-state index contributed by atoms with van der Waals surface area (Å²) < 4.78 is 40.9. The summed E-state index contributed by atoms with van der Waals surface area (Å²) in [5.74, 6) is -0.160. The molecule has 1 aromatic carbocycles. The number of nitrogens with one attached hydrogen (secondary N) is 2. The summed E-state index contributed by atoms with van der Waals surface area (Å²) in [6.45, 7) is 0.993. The van der Waals surface area contributed by atoms with Gasteiger partial charge in [0.05, 0.1) is 6.04 Å². The average molecular weight is 261 g/mol. The molecule has 7 heteroatoms. The van der Waals surface area contributed by atoms with Crippen molar-refractivity contribution in [3.63, 3.8) is 0 Å². The third-order valence-corrected chi connectivity index (χ3v) is 2.88. The summed E-state index contributed by atoms with van der Waals surface area (Å²) in [7, 11) is 0. The smallest absolute Gasteiger partial charge is 0.405 e. The molecule has 0 bridgehead atoms. The summed E-state index contributed by atoms with van der Waals surface area (Å²) >= 11 is 0. The number of hydrogen-bond acceptors (Lipinski definition) is 4. The second kappa shape index (κ2) is 5.13. The Balaban J connectivity index is 2.27. The number of halogens is 3. The number of rotatable bonds is 3. The van der Waals surface area contributed by atoms with Gasteiger partial charge in [0.2, 0.25) is 0 Å².